The summed E-state index contributed by atoms with van der Waals surface area (Å²) in [6, 6.07) is 0. The predicted octanol–water partition coefficient (Wildman–Crippen LogP) is 0.391. The average Bonchev–Trinajstić information content (AvgIpc) is 1.98. The van der Waals surface area contributed by atoms with E-state index in [0.717, 1.165) is 12.8 Å². The summed E-state index contributed by atoms with van der Waals surface area (Å²) in [7, 11) is 0. The summed E-state index contributed by atoms with van der Waals surface area (Å²) < 4.78 is 0. The van der Waals surface area contributed by atoms with Crippen LogP contribution in [0, 0.1) is 18.3 Å². The van der Waals surface area contributed by atoms with Crippen molar-refractivity contribution >= 4 is 0 Å². The Morgan fingerprint density at radius 3 is 2.30 bits per heavy atom. The molecule has 10 heavy (non-hydrogen) atoms. The van der Waals surface area contributed by atoms with Gasteiger partial charge in [0.15, 0.2) is 0 Å². The van der Waals surface area contributed by atoms with E-state index in [2.05, 4.69) is 5.92 Å². The van der Waals surface area contributed by atoms with Crippen LogP contribution in [0.25, 0.3) is 0 Å². The molecule has 0 fully saturated rings. The first-order chi connectivity index (χ1) is 4.85. The van der Waals surface area contributed by atoms with E-state index < -0.39 is 0 Å². The standard InChI is InChI=1S/C8H14O2/c1-2-8(5-7-10)4-3-6-9/h1,8-10H,3-7H2. The number of aliphatic hydroxyl groups is 2. The summed E-state index contributed by atoms with van der Waals surface area (Å²) in [6.07, 6.45) is 7.35. The van der Waals surface area contributed by atoms with Crippen LogP contribution < -0.4 is 0 Å². The van der Waals surface area contributed by atoms with Crippen molar-refractivity contribution in [3.8, 4) is 12.3 Å². The highest BCUT2D eigenvalue weighted by molar-refractivity contribution is 4.92. The lowest BCUT2D eigenvalue weighted by Gasteiger charge is -2.05. The van der Waals surface area contributed by atoms with Gasteiger partial charge in [-0.2, -0.15) is 0 Å². The van der Waals surface area contributed by atoms with E-state index in [1.807, 2.05) is 0 Å². The molecule has 0 aliphatic carbocycles. The van der Waals surface area contributed by atoms with Crippen molar-refractivity contribution in [2.45, 2.75) is 19.3 Å². The van der Waals surface area contributed by atoms with Gasteiger partial charge in [-0.3, -0.25) is 0 Å². The highest BCUT2D eigenvalue weighted by Crippen LogP contribution is 2.08. The van der Waals surface area contributed by atoms with E-state index >= 15 is 0 Å². The quantitative estimate of drug-likeness (QED) is 0.545. The first kappa shape index (κ1) is 9.48. The van der Waals surface area contributed by atoms with Crippen molar-refractivity contribution < 1.29 is 10.2 Å². The van der Waals surface area contributed by atoms with Gasteiger partial charge in [-0.05, 0) is 19.3 Å². The van der Waals surface area contributed by atoms with Crippen LogP contribution in [-0.4, -0.2) is 23.4 Å². The lowest BCUT2D eigenvalue weighted by molar-refractivity contribution is 0.250. The number of rotatable bonds is 5. The molecule has 2 N–H and O–H groups in total. The molecular weight excluding hydrogens is 128 g/mol. The normalized spacial score (nSPS) is 12.5. The smallest absolute Gasteiger partial charge is 0.0442 e. The summed E-state index contributed by atoms with van der Waals surface area (Å²) in [5, 5.41) is 17.0. The van der Waals surface area contributed by atoms with Crippen molar-refractivity contribution in [3.05, 3.63) is 0 Å². The van der Waals surface area contributed by atoms with Crippen LogP contribution in [0.4, 0.5) is 0 Å². The summed E-state index contributed by atoms with van der Waals surface area (Å²) in [5.74, 6) is 2.70. The Bertz CT molecular complexity index is 104. The average molecular weight is 142 g/mol. The van der Waals surface area contributed by atoms with Crippen molar-refractivity contribution in [1.29, 1.82) is 0 Å². The molecule has 0 bridgehead atoms. The maximum atomic E-state index is 8.51. The molecule has 0 aromatic heterocycles. The second kappa shape index (κ2) is 6.60. The van der Waals surface area contributed by atoms with E-state index in [9.17, 15) is 0 Å². The molecule has 0 spiro atoms. The van der Waals surface area contributed by atoms with Crippen LogP contribution in [0.1, 0.15) is 19.3 Å². The first-order valence-corrected chi connectivity index (χ1v) is 3.53. The Kier molecular flexibility index (Phi) is 6.25. The van der Waals surface area contributed by atoms with E-state index in [0.29, 0.717) is 6.42 Å². The van der Waals surface area contributed by atoms with Crippen molar-refractivity contribution in [1.82, 2.24) is 0 Å². The lowest BCUT2D eigenvalue weighted by Crippen LogP contribution is -2.01. The molecule has 2 heteroatoms. The van der Waals surface area contributed by atoms with Gasteiger partial charge in [0.05, 0.1) is 0 Å². The van der Waals surface area contributed by atoms with Crippen LogP contribution in [0.15, 0.2) is 0 Å². The van der Waals surface area contributed by atoms with Gasteiger partial charge in [-0.25, -0.2) is 0 Å². The number of aliphatic hydroxyl groups excluding tert-OH is 2. The van der Waals surface area contributed by atoms with Gasteiger partial charge < -0.3 is 10.2 Å². The zero-order chi connectivity index (χ0) is 7.82. The molecule has 0 heterocycles. The Morgan fingerprint density at radius 2 is 1.90 bits per heavy atom. The van der Waals surface area contributed by atoms with Crippen LogP contribution in [0.3, 0.4) is 0 Å². The minimum absolute atomic E-state index is 0.136. The van der Waals surface area contributed by atoms with Crippen LogP contribution in [-0.2, 0) is 0 Å². The third kappa shape index (κ3) is 4.37. The molecule has 0 aromatic rings. The van der Waals surface area contributed by atoms with E-state index in [1.165, 1.54) is 0 Å². The molecular formula is C8H14O2. The van der Waals surface area contributed by atoms with Gasteiger partial charge in [0.1, 0.15) is 0 Å². The fourth-order valence-electron chi connectivity index (χ4n) is 0.805. The maximum absolute atomic E-state index is 8.51. The van der Waals surface area contributed by atoms with Crippen LogP contribution >= 0.6 is 0 Å². The summed E-state index contributed by atoms with van der Waals surface area (Å²) >= 11 is 0. The summed E-state index contributed by atoms with van der Waals surface area (Å²) in [5.41, 5.74) is 0. The second-order valence-electron chi connectivity index (χ2n) is 2.24. The Morgan fingerprint density at radius 1 is 1.20 bits per heavy atom. The zero-order valence-corrected chi connectivity index (χ0v) is 6.08. The fourth-order valence-corrected chi connectivity index (χ4v) is 0.805. The molecule has 0 amide bonds. The van der Waals surface area contributed by atoms with Crippen molar-refractivity contribution in [2.24, 2.45) is 5.92 Å². The zero-order valence-electron chi connectivity index (χ0n) is 6.08. The molecule has 1 atom stereocenters. The molecule has 0 radical (unpaired) electrons. The summed E-state index contributed by atoms with van der Waals surface area (Å²) in [4.78, 5) is 0. The van der Waals surface area contributed by atoms with E-state index in [-0.39, 0.29) is 19.1 Å². The number of hydrogen-bond acceptors (Lipinski definition) is 2. The van der Waals surface area contributed by atoms with E-state index in [4.69, 9.17) is 16.6 Å². The van der Waals surface area contributed by atoms with Gasteiger partial charge in [-0.1, -0.05) is 0 Å². The SMILES string of the molecule is C#CC(CCO)CCCO. The van der Waals surface area contributed by atoms with Crippen LogP contribution in [0.2, 0.25) is 0 Å². The Labute approximate surface area is 61.9 Å². The highest BCUT2D eigenvalue weighted by atomic mass is 16.3. The monoisotopic (exact) mass is 142 g/mol. The lowest BCUT2D eigenvalue weighted by atomic mass is 10.0. The molecule has 0 aliphatic rings. The van der Waals surface area contributed by atoms with Crippen LogP contribution in [0.5, 0.6) is 0 Å². The largest absolute Gasteiger partial charge is 0.396 e. The third-order valence-electron chi connectivity index (χ3n) is 1.42. The molecule has 0 aliphatic heterocycles. The summed E-state index contributed by atoms with van der Waals surface area (Å²) in [6.45, 7) is 0.323. The molecule has 0 saturated heterocycles. The first-order valence-electron chi connectivity index (χ1n) is 3.53. The maximum Gasteiger partial charge on any atom is 0.0442 e. The van der Waals surface area contributed by atoms with Gasteiger partial charge >= 0.3 is 0 Å². The number of terminal acetylenes is 1. The fraction of sp³-hybridized carbons (Fsp3) is 0.750. The van der Waals surface area contributed by atoms with Gasteiger partial charge in [0, 0.05) is 19.1 Å². The third-order valence-corrected chi connectivity index (χ3v) is 1.42. The van der Waals surface area contributed by atoms with Crippen molar-refractivity contribution in [3.63, 3.8) is 0 Å². The molecule has 1 unspecified atom stereocenters. The molecule has 0 saturated carbocycles. The van der Waals surface area contributed by atoms with Crippen molar-refractivity contribution in [2.75, 3.05) is 13.2 Å². The topological polar surface area (TPSA) is 40.5 Å². The molecule has 0 rings (SSSR count). The molecule has 58 valence electrons. The minimum Gasteiger partial charge on any atom is -0.396 e. The predicted molar refractivity (Wildman–Crippen MR) is 40.3 cm³/mol. The Hall–Kier alpha value is -0.520. The van der Waals surface area contributed by atoms with Gasteiger partial charge in [0.25, 0.3) is 0 Å². The second-order valence-corrected chi connectivity index (χ2v) is 2.24. The molecule has 2 nitrogen and oxygen atoms in total. The van der Waals surface area contributed by atoms with E-state index in [1.54, 1.807) is 0 Å². The highest BCUT2D eigenvalue weighted by Gasteiger charge is 2.01. The molecule has 0 aromatic carbocycles. The van der Waals surface area contributed by atoms with Gasteiger partial charge in [0.2, 0.25) is 0 Å². The minimum atomic E-state index is 0.136. The Balaban J connectivity index is 3.33. The number of hydrogen-bond donors (Lipinski definition) is 2. The van der Waals surface area contributed by atoms with Gasteiger partial charge in [-0.15, -0.1) is 12.3 Å².